The molecule has 0 atom stereocenters. The van der Waals surface area contributed by atoms with E-state index in [-0.39, 0.29) is 28.7 Å². The average Bonchev–Trinajstić information content (AvgIpc) is 2.94. The number of hydrogen-bond acceptors (Lipinski definition) is 2. The van der Waals surface area contributed by atoms with Crippen LogP contribution in [0, 0.1) is 17.7 Å². The lowest BCUT2D eigenvalue weighted by Gasteiger charge is -2.31. The van der Waals surface area contributed by atoms with Crippen molar-refractivity contribution in [3.05, 3.63) is 29.0 Å². The van der Waals surface area contributed by atoms with Gasteiger partial charge in [-0.3, -0.25) is 9.59 Å². The normalized spacial score (nSPS) is 24.0. The minimum absolute atomic E-state index is 0.00504. The number of carbonyl (C=O) groups excluding carboxylic acids is 2. The van der Waals surface area contributed by atoms with Crippen molar-refractivity contribution in [2.24, 2.45) is 11.8 Å². The Labute approximate surface area is 159 Å². The highest BCUT2D eigenvalue weighted by atomic mass is 35.5. The number of benzene rings is 1. The topological polar surface area (TPSA) is 49.4 Å². The number of halogens is 2. The first-order chi connectivity index (χ1) is 12.5. The Hall–Kier alpha value is -1.62. The maximum absolute atomic E-state index is 13.2. The van der Waals surface area contributed by atoms with Crippen LogP contribution >= 0.6 is 11.6 Å². The van der Waals surface area contributed by atoms with E-state index in [0.717, 1.165) is 38.8 Å². The number of nitrogens with one attached hydrogen (secondary N) is 1. The van der Waals surface area contributed by atoms with Crippen LogP contribution in [0.4, 0.5) is 10.1 Å². The van der Waals surface area contributed by atoms with Gasteiger partial charge >= 0.3 is 0 Å². The molecule has 4 nitrogen and oxygen atoms in total. The Morgan fingerprint density at radius 2 is 1.62 bits per heavy atom. The third kappa shape index (κ3) is 4.76. The molecule has 0 radical (unpaired) electrons. The molecule has 0 aromatic heterocycles. The molecule has 3 rings (SSSR count). The quantitative estimate of drug-likeness (QED) is 0.831. The Morgan fingerprint density at radius 3 is 2.23 bits per heavy atom. The van der Waals surface area contributed by atoms with Crippen molar-refractivity contribution in [2.75, 3.05) is 18.4 Å². The van der Waals surface area contributed by atoms with E-state index < -0.39 is 5.82 Å². The van der Waals surface area contributed by atoms with Crippen LogP contribution in [0.5, 0.6) is 0 Å². The number of nitrogens with zero attached hydrogens (tertiary/aromatic N) is 1. The Kier molecular flexibility index (Phi) is 6.52. The summed E-state index contributed by atoms with van der Waals surface area (Å²) in [6.45, 7) is 1.76. The van der Waals surface area contributed by atoms with Gasteiger partial charge in [-0.15, -0.1) is 0 Å². The number of amides is 2. The lowest BCUT2D eigenvalue weighted by molar-refractivity contribution is -0.137. The van der Waals surface area contributed by atoms with Crippen LogP contribution in [0.3, 0.4) is 0 Å². The predicted molar refractivity (Wildman–Crippen MR) is 101 cm³/mol. The molecular formula is C20H26ClFN2O2. The first-order valence-corrected chi connectivity index (χ1v) is 9.97. The first-order valence-electron chi connectivity index (χ1n) is 9.59. The molecule has 1 saturated heterocycles. The fourth-order valence-electron chi connectivity index (χ4n) is 3.97. The fourth-order valence-corrected chi connectivity index (χ4v) is 4.15. The van der Waals surface area contributed by atoms with E-state index in [4.69, 9.17) is 11.6 Å². The largest absolute Gasteiger partial charge is 0.342 e. The molecule has 1 saturated carbocycles. The summed E-state index contributed by atoms with van der Waals surface area (Å²) in [5.41, 5.74) is 0.504. The maximum Gasteiger partial charge on any atom is 0.227 e. The highest BCUT2D eigenvalue weighted by molar-refractivity contribution is 6.31. The van der Waals surface area contributed by atoms with Crippen molar-refractivity contribution in [3.63, 3.8) is 0 Å². The van der Waals surface area contributed by atoms with Gasteiger partial charge in [0.05, 0.1) is 5.02 Å². The van der Waals surface area contributed by atoms with Gasteiger partial charge in [0.2, 0.25) is 11.8 Å². The van der Waals surface area contributed by atoms with Crippen molar-refractivity contribution in [3.8, 4) is 0 Å². The van der Waals surface area contributed by atoms with Crippen molar-refractivity contribution in [1.29, 1.82) is 0 Å². The summed E-state index contributed by atoms with van der Waals surface area (Å²) in [4.78, 5) is 27.2. The van der Waals surface area contributed by atoms with Crippen LogP contribution in [0.15, 0.2) is 18.2 Å². The zero-order valence-corrected chi connectivity index (χ0v) is 15.7. The number of rotatable bonds is 3. The Balaban J connectivity index is 1.50. The molecule has 26 heavy (non-hydrogen) atoms. The fraction of sp³-hybridized carbons (Fsp3) is 0.600. The zero-order valence-electron chi connectivity index (χ0n) is 15.0. The van der Waals surface area contributed by atoms with Crippen LogP contribution in [-0.2, 0) is 9.59 Å². The van der Waals surface area contributed by atoms with Crippen LogP contribution in [0.25, 0.3) is 0 Å². The molecule has 2 fully saturated rings. The predicted octanol–water partition coefficient (Wildman–Crippen LogP) is 4.63. The lowest BCUT2D eigenvalue weighted by atomic mass is 9.81. The summed E-state index contributed by atoms with van der Waals surface area (Å²) in [6.07, 6.45) is 7.58. The highest BCUT2D eigenvalue weighted by Gasteiger charge is 2.32. The second-order valence-electron chi connectivity index (χ2n) is 7.41. The number of carbonyl (C=O) groups is 2. The smallest absolute Gasteiger partial charge is 0.227 e. The van der Waals surface area contributed by atoms with Crippen LogP contribution in [0.2, 0.25) is 5.02 Å². The summed E-state index contributed by atoms with van der Waals surface area (Å²) in [6, 6.07) is 4.17. The third-order valence-corrected chi connectivity index (χ3v) is 5.84. The second kappa shape index (κ2) is 8.85. The van der Waals surface area contributed by atoms with E-state index in [1.54, 1.807) is 0 Å². The summed E-state index contributed by atoms with van der Waals surface area (Å²) >= 11 is 5.75. The van der Waals surface area contributed by atoms with Gasteiger partial charge in [-0.1, -0.05) is 24.4 Å². The van der Waals surface area contributed by atoms with Gasteiger partial charge in [-0.25, -0.2) is 4.39 Å². The van der Waals surface area contributed by atoms with E-state index in [9.17, 15) is 14.0 Å². The van der Waals surface area contributed by atoms with Gasteiger partial charge in [0.25, 0.3) is 0 Å². The molecule has 1 aliphatic heterocycles. The number of anilines is 1. The molecule has 1 N–H and O–H groups in total. The average molecular weight is 381 g/mol. The molecule has 6 heteroatoms. The minimum atomic E-state index is -0.503. The molecular weight excluding hydrogens is 355 g/mol. The van der Waals surface area contributed by atoms with Crippen LogP contribution < -0.4 is 5.32 Å². The van der Waals surface area contributed by atoms with Crippen molar-refractivity contribution in [2.45, 2.75) is 51.4 Å². The molecule has 1 aliphatic carbocycles. The van der Waals surface area contributed by atoms with Gasteiger partial charge in [0.15, 0.2) is 0 Å². The van der Waals surface area contributed by atoms with E-state index in [0.29, 0.717) is 18.5 Å². The SMILES string of the molecule is O=C(Nc1ccc(F)c(Cl)c1)C1CCC(C(=O)N2CCCCCC2)CC1. The van der Waals surface area contributed by atoms with Crippen LogP contribution in [0.1, 0.15) is 51.4 Å². The monoisotopic (exact) mass is 380 g/mol. The highest BCUT2D eigenvalue weighted by Crippen LogP contribution is 2.32. The van der Waals surface area contributed by atoms with Crippen LogP contribution in [-0.4, -0.2) is 29.8 Å². The number of likely N-dealkylation sites (tertiary alicyclic amines) is 1. The van der Waals surface area contributed by atoms with E-state index in [2.05, 4.69) is 5.32 Å². The van der Waals surface area contributed by atoms with Gasteiger partial charge < -0.3 is 10.2 Å². The molecule has 142 valence electrons. The molecule has 1 heterocycles. The molecule has 2 aliphatic rings. The van der Waals surface area contributed by atoms with Crippen molar-refractivity contribution in [1.82, 2.24) is 4.90 Å². The summed E-state index contributed by atoms with van der Waals surface area (Å²) < 4.78 is 13.2. The van der Waals surface area contributed by atoms with Gasteiger partial charge in [-0.05, 0) is 56.7 Å². The maximum atomic E-state index is 13.2. The molecule has 0 unspecified atom stereocenters. The molecule has 0 spiro atoms. The summed E-state index contributed by atoms with van der Waals surface area (Å²) in [5.74, 6) is -0.356. The van der Waals surface area contributed by atoms with Crippen molar-refractivity contribution < 1.29 is 14.0 Å². The van der Waals surface area contributed by atoms with E-state index >= 15 is 0 Å². The van der Waals surface area contributed by atoms with Crippen molar-refractivity contribution >= 4 is 29.1 Å². The van der Waals surface area contributed by atoms with E-state index in [1.807, 2.05) is 4.90 Å². The molecule has 2 amide bonds. The molecule has 0 bridgehead atoms. The second-order valence-corrected chi connectivity index (χ2v) is 7.81. The molecule has 1 aromatic rings. The minimum Gasteiger partial charge on any atom is -0.342 e. The zero-order chi connectivity index (χ0) is 18.5. The standard InChI is InChI=1S/C20H26ClFN2O2/c21-17-13-16(9-10-18(17)22)23-19(25)14-5-7-15(8-6-14)20(26)24-11-3-1-2-4-12-24/h9-10,13-15H,1-8,11-12H2,(H,23,25). The summed E-state index contributed by atoms with van der Waals surface area (Å²) in [7, 11) is 0. The van der Waals surface area contributed by atoms with E-state index in [1.165, 1.54) is 31.0 Å². The van der Waals surface area contributed by atoms with Gasteiger partial charge in [0, 0.05) is 30.6 Å². The molecule has 1 aromatic carbocycles. The van der Waals surface area contributed by atoms with Gasteiger partial charge in [-0.2, -0.15) is 0 Å². The lowest BCUT2D eigenvalue weighted by Crippen LogP contribution is -2.39. The third-order valence-electron chi connectivity index (χ3n) is 5.55. The van der Waals surface area contributed by atoms with Gasteiger partial charge in [0.1, 0.15) is 5.82 Å². The number of hydrogen-bond donors (Lipinski definition) is 1. The summed E-state index contributed by atoms with van der Waals surface area (Å²) in [5, 5.41) is 2.80. The first kappa shape index (κ1) is 19.2. The Bertz CT molecular complexity index is 651. The Morgan fingerprint density at radius 1 is 1.00 bits per heavy atom.